The molecule has 9 heteroatoms. The standard InChI is InChI=1S/C23H26N2O7/c1-22(2)9-6-5-7-12(26)13(9)17(27)14-10(22)8-11-16(25(3)4)18(28)15(21(24)31)20(30)23(11,32)19(14)29/h5-7,10-11,14-16,26,32H,8H2,1-4H3,(H2,24,31)/t10-,11-,14?,15?,16-,23-/m0/s1. The predicted molar refractivity (Wildman–Crippen MR) is 111 cm³/mol. The SMILES string of the molecule is CN(C)[C@@H]1C(=O)C(C(N)=O)C(=O)[C@@]2(O)C(=O)C3C(=O)c4c(O)cccc4C(C)(C)[C@H]3C[C@@H]12. The molecule has 2 saturated carbocycles. The average Bonchev–Trinajstić information content (AvgIpc) is 2.68. The number of nitrogens with zero attached hydrogens (tertiary/aromatic N) is 1. The van der Waals surface area contributed by atoms with Gasteiger partial charge in [0.25, 0.3) is 0 Å². The van der Waals surface area contributed by atoms with Gasteiger partial charge in [0.2, 0.25) is 5.91 Å². The van der Waals surface area contributed by atoms with Crippen LogP contribution in [0.5, 0.6) is 5.75 Å². The van der Waals surface area contributed by atoms with Crippen molar-refractivity contribution in [2.45, 2.75) is 37.3 Å². The number of carbonyl (C=O) groups is 5. The monoisotopic (exact) mass is 442 g/mol. The van der Waals surface area contributed by atoms with Gasteiger partial charge in [-0.2, -0.15) is 0 Å². The van der Waals surface area contributed by atoms with Crippen LogP contribution in [0.4, 0.5) is 0 Å². The number of hydrogen-bond donors (Lipinski definition) is 3. The number of aliphatic hydroxyl groups is 1. The second-order valence-corrected chi connectivity index (χ2v) is 9.85. The van der Waals surface area contributed by atoms with Crippen LogP contribution in [0.15, 0.2) is 18.2 Å². The van der Waals surface area contributed by atoms with Crippen molar-refractivity contribution in [2.75, 3.05) is 14.1 Å². The zero-order valence-corrected chi connectivity index (χ0v) is 18.3. The Morgan fingerprint density at radius 3 is 2.28 bits per heavy atom. The Morgan fingerprint density at radius 1 is 1.09 bits per heavy atom. The van der Waals surface area contributed by atoms with Crippen LogP contribution in [0, 0.1) is 23.7 Å². The average molecular weight is 442 g/mol. The van der Waals surface area contributed by atoms with E-state index >= 15 is 0 Å². The molecule has 32 heavy (non-hydrogen) atoms. The largest absolute Gasteiger partial charge is 0.507 e. The first-order chi connectivity index (χ1) is 14.8. The van der Waals surface area contributed by atoms with E-state index in [1.807, 2.05) is 13.8 Å². The van der Waals surface area contributed by atoms with Gasteiger partial charge in [0.15, 0.2) is 34.7 Å². The number of phenolic OH excluding ortho intramolecular Hbond substituents is 1. The summed E-state index contributed by atoms with van der Waals surface area (Å²) in [5.41, 5.74) is 2.36. The number of amides is 1. The molecule has 4 N–H and O–H groups in total. The van der Waals surface area contributed by atoms with E-state index in [2.05, 4.69) is 0 Å². The van der Waals surface area contributed by atoms with E-state index in [9.17, 15) is 34.2 Å². The van der Waals surface area contributed by atoms with Crippen molar-refractivity contribution in [1.82, 2.24) is 4.90 Å². The van der Waals surface area contributed by atoms with Crippen LogP contribution < -0.4 is 5.73 Å². The fourth-order valence-electron chi connectivity index (χ4n) is 6.15. The first-order valence-corrected chi connectivity index (χ1v) is 10.4. The summed E-state index contributed by atoms with van der Waals surface area (Å²) < 4.78 is 0. The molecule has 0 saturated heterocycles. The molecule has 170 valence electrons. The van der Waals surface area contributed by atoms with Gasteiger partial charge in [-0.3, -0.25) is 28.9 Å². The third-order valence-corrected chi connectivity index (χ3v) is 7.73. The molecular weight excluding hydrogens is 416 g/mol. The lowest BCUT2D eigenvalue weighted by atomic mass is 9.47. The fraction of sp³-hybridized carbons (Fsp3) is 0.522. The Balaban J connectivity index is 1.95. The predicted octanol–water partition coefficient (Wildman–Crippen LogP) is -0.398. The number of phenols is 1. The number of benzene rings is 1. The summed E-state index contributed by atoms with van der Waals surface area (Å²) in [6.07, 6.45) is 0.0204. The van der Waals surface area contributed by atoms with Crippen molar-refractivity contribution in [3.05, 3.63) is 29.3 Å². The number of nitrogens with two attached hydrogens (primary N) is 1. The van der Waals surface area contributed by atoms with E-state index in [1.165, 1.54) is 11.0 Å². The van der Waals surface area contributed by atoms with Gasteiger partial charge in [-0.1, -0.05) is 26.0 Å². The van der Waals surface area contributed by atoms with Gasteiger partial charge < -0.3 is 15.9 Å². The van der Waals surface area contributed by atoms with Crippen LogP contribution in [-0.4, -0.2) is 69.9 Å². The number of ketones is 4. The van der Waals surface area contributed by atoms with Crippen LogP contribution in [0.25, 0.3) is 0 Å². The number of carbonyl (C=O) groups excluding carboxylic acids is 5. The summed E-state index contributed by atoms with van der Waals surface area (Å²) in [6.45, 7) is 3.66. The highest BCUT2D eigenvalue weighted by molar-refractivity contribution is 6.32. The lowest BCUT2D eigenvalue weighted by Crippen LogP contribution is -2.74. The molecular formula is C23H26N2O7. The molecule has 2 unspecified atom stereocenters. The van der Waals surface area contributed by atoms with Crippen molar-refractivity contribution < 1.29 is 34.2 Å². The summed E-state index contributed by atoms with van der Waals surface area (Å²) in [6, 6.07) is 3.54. The van der Waals surface area contributed by atoms with E-state index in [1.54, 1.807) is 26.2 Å². The van der Waals surface area contributed by atoms with Crippen molar-refractivity contribution in [1.29, 1.82) is 0 Å². The summed E-state index contributed by atoms with van der Waals surface area (Å²) in [4.78, 5) is 66.8. The minimum atomic E-state index is -2.71. The molecule has 0 aliphatic heterocycles. The first kappa shape index (κ1) is 22.3. The van der Waals surface area contributed by atoms with Gasteiger partial charge in [0.05, 0.1) is 17.5 Å². The lowest BCUT2D eigenvalue weighted by Gasteiger charge is -2.56. The Bertz CT molecular complexity index is 1090. The molecule has 2 fully saturated rings. The quantitative estimate of drug-likeness (QED) is 0.523. The molecule has 1 amide bonds. The van der Waals surface area contributed by atoms with Gasteiger partial charge in [-0.15, -0.1) is 0 Å². The molecule has 0 heterocycles. The van der Waals surface area contributed by atoms with E-state index in [0.29, 0.717) is 5.56 Å². The third kappa shape index (κ3) is 2.55. The van der Waals surface area contributed by atoms with Crippen LogP contribution >= 0.6 is 0 Å². The van der Waals surface area contributed by atoms with Gasteiger partial charge in [-0.05, 0) is 43.5 Å². The van der Waals surface area contributed by atoms with Crippen LogP contribution in [0.3, 0.4) is 0 Å². The van der Waals surface area contributed by atoms with Crippen LogP contribution in [0.2, 0.25) is 0 Å². The van der Waals surface area contributed by atoms with Crippen LogP contribution in [-0.2, 0) is 24.6 Å². The van der Waals surface area contributed by atoms with Crippen molar-refractivity contribution in [3.8, 4) is 5.75 Å². The van der Waals surface area contributed by atoms with Crippen LogP contribution in [0.1, 0.15) is 36.2 Å². The maximum Gasteiger partial charge on any atom is 0.235 e. The molecule has 0 radical (unpaired) electrons. The molecule has 6 atom stereocenters. The topological polar surface area (TPSA) is 155 Å². The van der Waals surface area contributed by atoms with E-state index in [4.69, 9.17) is 5.73 Å². The minimum absolute atomic E-state index is 0.0101. The second kappa shape index (κ2) is 6.79. The van der Waals surface area contributed by atoms with Gasteiger partial charge in [0.1, 0.15) is 5.75 Å². The highest BCUT2D eigenvalue weighted by atomic mass is 16.3. The number of Topliss-reactive ketones (excluding diaryl/α,β-unsaturated/α-hetero) is 4. The number of rotatable bonds is 2. The molecule has 1 aromatic carbocycles. The highest BCUT2D eigenvalue weighted by Crippen LogP contribution is 2.56. The van der Waals surface area contributed by atoms with E-state index in [0.717, 1.165) is 0 Å². The zero-order valence-electron chi connectivity index (χ0n) is 18.3. The summed E-state index contributed by atoms with van der Waals surface area (Å²) in [5.74, 6) is -10.4. The zero-order chi connectivity index (χ0) is 23.9. The summed E-state index contributed by atoms with van der Waals surface area (Å²) in [5, 5.41) is 21.9. The fourth-order valence-corrected chi connectivity index (χ4v) is 6.15. The van der Waals surface area contributed by atoms with E-state index < -0.39 is 69.8 Å². The first-order valence-electron chi connectivity index (χ1n) is 10.4. The van der Waals surface area contributed by atoms with E-state index in [-0.39, 0.29) is 17.7 Å². The number of hydrogen-bond acceptors (Lipinski definition) is 8. The molecule has 0 aromatic heterocycles. The molecule has 1 aromatic rings. The summed E-state index contributed by atoms with van der Waals surface area (Å²) in [7, 11) is 3.11. The smallest absolute Gasteiger partial charge is 0.235 e. The maximum absolute atomic E-state index is 13.7. The van der Waals surface area contributed by atoms with Gasteiger partial charge >= 0.3 is 0 Å². The highest BCUT2D eigenvalue weighted by Gasteiger charge is 2.70. The Labute approximate surface area is 184 Å². The third-order valence-electron chi connectivity index (χ3n) is 7.73. The lowest BCUT2D eigenvalue weighted by molar-refractivity contribution is -0.183. The Morgan fingerprint density at radius 2 is 1.72 bits per heavy atom. The second-order valence-electron chi connectivity index (χ2n) is 9.85. The van der Waals surface area contributed by atoms with Gasteiger partial charge in [-0.25, -0.2) is 0 Å². The minimum Gasteiger partial charge on any atom is -0.507 e. The molecule has 3 aliphatic rings. The number of fused-ring (bicyclic) bond motifs is 3. The Kier molecular flexibility index (Phi) is 4.73. The van der Waals surface area contributed by atoms with Crippen molar-refractivity contribution in [3.63, 3.8) is 0 Å². The van der Waals surface area contributed by atoms with Crippen molar-refractivity contribution >= 4 is 29.0 Å². The summed E-state index contributed by atoms with van der Waals surface area (Å²) >= 11 is 0. The van der Waals surface area contributed by atoms with Gasteiger partial charge in [0, 0.05) is 5.92 Å². The molecule has 4 rings (SSSR count). The number of primary amides is 1. The normalized spacial score (nSPS) is 35.9. The number of likely N-dealkylation sites (N-methyl/N-ethyl adjacent to an activating group) is 1. The Hall–Kier alpha value is -2.91. The molecule has 9 nitrogen and oxygen atoms in total. The molecule has 0 spiro atoms. The number of aromatic hydroxyl groups is 1. The molecule has 3 aliphatic carbocycles. The maximum atomic E-state index is 13.7. The van der Waals surface area contributed by atoms with Crippen molar-refractivity contribution in [2.24, 2.45) is 29.4 Å². The molecule has 0 bridgehead atoms.